The maximum Gasteiger partial charge on any atom is 0.123 e. The van der Waals surface area contributed by atoms with Gasteiger partial charge in [0.05, 0.1) is 6.10 Å². The summed E-state index contributed by atoms with van der Waals surface area (Å²) >= 11 is 0. The van der Waals surface area contributed by atoms with Crippen molar-refractivity contribution in [2.75, 3.05) is 6.54 Å². The van der Waals surface area contributed by atoms with E-state index in [4.69, 9.17) is 0 Å². The largest absolute Gasteiger partial charge is 0.392 e. The monoisotopic (exact) mass is 209 g/mol. The number of hydrogen-bond acceptors (Lipinski definition) is 2. The zero-order valence-corrected chi connectivity index (χ0v) is 8.62. The number of benzene rings is 1. The van der Waals surface area contributed by atoms with Gasteiger partial charge in [-0.15, -0.1) is 0 Å². The average Bonchev–Trinajstić information content (AvgIpc) is 3.04. The molecule has 1 aliphatic carbocycles. The van der Waals surface area contributed by atoms with Crippen molar-refractivity contribution in [3.05, 3.63) is 35.6 Å². The van der Waals surface area contributed by atoms with Crippen molar-refractivity contribution < 1.29 is 9.50 Å². The number of nitrogens with one attached hydrogen (secondary N) is 1. The lowest BCUT2D eigenvalue weighted by Gasteiger charge is -2.10. The highest BCUT2D eigenvalue weighted by Crippen LogP contribution is 2.32. The molecule has 0 radical (unpaired) electrons. The maximum absolute atomic E-state index is 12.6. The summed E-state index contributed by atoms with van der Waals surface area (Å²) in [5, 5.41) is 12.8. The minimum atomic E-state index is -0.217. The molecule has 0 spiro atoms. The van der Waals surface area contributed by atoms with Crippen molar-refractivity contribution in [3.63, 3.8) is 0 Å². The fourth-order valence-electron chi connectivity index (χ4n) is 1.61. The summed E-state index contributed by atoms with van der Waals surface area (Å²) in [5.74, 6) is 0.294. The highest BCUT2D eigenvalue weighted by molar-refractivity contribution is 5.15. The normalized spacial score (nSPS) is 17.7. The van der Waals surface area contributed by atoms with Gasteiger partial charge < -0.3 is 10.4 Å². The summed E-state index contributed by atoms with van der Waals surface area (Å²) in [5.41, 5.74) is 1.04. The van der Waals surface area contributed by atoms with Gasteiger partial charge in [-0.05, 0) is 36.5 Å². The van der Waals surface area contributed by atoms with Crippen LogP contribution in [0, 0.1) is 11.7 Å². The smallest absolute Gasteiger partial charge is 0.123 e. The first kappa shape index (κ1) is 10.6. The Bertz CT molecular complexity index is 308. The first-order valence-electron chi connectivity index (χ1n) is 5.39. The fourth-order valence-corrected chi connectivity index (χ4v) is 1.61. The summed E-state index contributed by atoms with van der Waals surface area (Å²) in [7, 11) is 0. The molecule has 0 amide bonds. The van der Waals surface area contributed by atoms with Gasteiger partial charge in [0.15, 0.2) is 0 Å². The number of rotatable bonds is 5. The van der Waals surface area contributed by atoms with Crippen LogP contribution in [-0.4, -0.2) is 17.8 Å². The van der Waals surface area contributed by atoms with E-state index >= 15 is 0 Å². The second-order valence-corrected chi connectivity index (χ2v) is 4.16. The van der Waals surface area contributed by atoms with Gasteiger partial charge in [-0.25, -0.2) is 4.39 Å². The quantitative estimate of drug-likeness (QED) is 0.773. The molecule has 1 atom stereocenters. The van der Waals surface area contributed by atoms with Gasteiger partial charge in [0.2, 0.25) is 0 Å². The molecule has 82 valence electrons. The van der Waals surface area contributed by atoms with Crippen LogP contribution >= 0.6 is 0 Å². The van der Waals surface area contributed by atoms with Crippen LogP contribution in [0.25, 0.3) is 0 Å². The lowest BCUT2D eigenvalue weighted by atomic mass is 10.2. The van der Waals surface area contributed by atoms with Crippen molar-refractivity contribution in [1.82, 2.24) is 5.32 Å². The predicted molar refractivity (Wildman–Crippen MR) is 56.8 cm³/mol. The molecule has 1 aromatic carbocycles. The molecular formula is C12H16FNO. The molecule has 15 heavy (non-hydrogen) atoms. The van der Waals surface area contributed by atoms with Crippen molar-refractivity contribution >= 4 is 0 Å². The maximum atomic E-state index is 12.6. The van der Waals surface area contributed by atoms with Crippen LogP contribution in [0.1, 0.15) is 18.4 Å². The van der Waals surface area contributed by atoms with Crippen molar-refractivity contribution in [3.8, 4) is 0 Å². The molecule has 0 aromatic heterocycles. The molecule has 3 heteroatoms. The highest BCUT2D eigenvalue weighted by Gasteiger charge is 2.28. The number of halogens is 1. The molecule has 0 aliphatic heterocycles. The molecule has 2 nitrogen and oxygen atoms in total. The van der Waals surface area contributed by atoms with E-state index in [0.29, 0.717) is 19.0 Å². The lowest BCUT2D eigenvalue weighted by molar-refractivity contribution is 0.148. The molecule has 1 fully saturated rings. The Balaban J connectivity index is 1.70. The van der Waals surface area contributed by atoms with Crippen LogP contribution in [-0.2, 0) is 6.54 Å². The van der Waals surface area contributed by atoms with Crippen LogP contribution < -0.4 is 5.32 Å². The average molecular weight is 209 g/mol. The molecule has 2 N–H and O–H groups in total. The summed E-state index contributed by atoms with van der Waals surface area (Å²) in [6.07, 6.45) is 2.09. The Labute approximate surface area is 89.1 Å². The standard InChI is InChI=1S/C12H16FNO/c13-11-5-1-9(2-6-11)7-14-8-12(15)10-3-4-10/h1-2,5-6,10,12,14-15H,3-4,7-8H2. The minimum absolute atomic E-state index is 0.211. The number of hydrogen-bond donors (Lipinski definition) is 2. The predicted octanol–water partition coefficient (Wildman–Crippen LogP) is 1.69. The molecule has 1 unspecified atom stereocenters. The van der Waals surface area contributed by atoms with Gasteiger partial charge in [-0.1, -0.05) is 12.1 Å². The minimum Gasteiger partial charge on any atom is -0.392 e. The van der Waals surface area contributed by atoms with Crippen molar-refractivity contribution in [2.45, 2.75) is 25.5 Å². The zero-order valence-electron chi connectivity index (χ0n) is 8.62. The van der Waals surface area contributed by atoms with E-state index in [2.05, 4.69) is 5.32 Å². The second-order valence-electron chi connectivity index (χ2n) is 4.16. The lowest BCUT2D eigenvalue weighted by Crippen LogP contribution is -2.27. The Morgan fingerprint density at radius 2 is 2.00 bits per heavy atom. The summed E-state index contributed by atoms with van der Waals surface area (Å²) in [6, 6.07) is 6.42. The zero-order chi connectivity index (χ0) is 10.7. The number of aliphatic hydroxyl groups is 1. The van der Waals surface area contributed by atoms with Crippen molar-refractivity contribution in [1.29, 1.82) is 0 Å². The third kappa shape index (κ3) is 3.29. The first-order chi connectivity index (χ1) is 7.25. The van der Waals surface area contributed by atoms with Crippen LogP contribution in [0.2, 0.25) is 0 Å². The van der Waals surface area contributed by atoms with E-state index in [9.17, 15) is 9.50 Å². The van der Waals surface area contributed by atoms with Gasteiger partial charge in [0, 0.05) is 13.1 Å². The fraction of sp³-hybridized carbons (Fsp3) is 0.500. The molecule has 1 aliphatic rings. The van der Waals surface area contributed by atoms with E-state index in [0.717, 1.165) is 18.4 Å². The third-order valence-electron chi connectivity index (χ3n) is 2.76. The van der Waals surface area contributed by atoms with E-state index in [1.54, 1.807) is 12.1 Å². The van der Waals surface area contributed by atoms with Crippen LogP contribution in [0.15, 0.2) is 24.3 Å². The summed E-state index contributed by atoms with van der Waals surface area (Å²) < 4.78 is 12.6. The van der Waals surface area contributed by atoms with Gasteiger partial charge >= 0.3 is 0 Å². The Morgan fingerprint density at radius 1 is 1.33 bits per heavy atom. The topological polar surface area (TPSA) is 32.3 Å². The molecule has 0 heterocycles. The van der Waals surface area contributed by atoms with E-state index < -0.39 is 0 Å². The summed E-state index contributed by atoms with van der Waals surface area (Å²) in [6.45, 7) is 1.31. The Kier molecular flexibility index (Phi) is 3.34. The van der Waals surface area contributed by atoms with Gasteiger partial charge in [0.25, 0.3) is 0 Å². The Hall–Kier alpha value is -0.930. The number of aliphatic hydroxyl groups excluding tert-OH is 1. The van der Waals surface area contributed by atoms with Crippen molar-refractivity contribution in [2.24, 2.45) is 5.92 Å². The Morgan fingerprint density at radius 3 is 2.60 bits per heavy atom. The molecule has 2 rings (SSSR count). The second kappa shape index (κ2) is 4.73. The van der Waals surface area contributed by atoms with Crippen LogP contribution in [0.4, 0.5) is 4.39 Å². The molecular weight excluding hydrogens is 193 g/mol. The van der Waals surface area contributed by atoms with Gasteiger partial charge in [0.1, 0.15) is 5.82 Å². The summed E-state index contributed by atoms with van der Waals surface area (Å²) in [4.78, 5) is 0. The van der Waals surface area contributed by atoms with Crippen LogP contribution in [0.3, 0.4) is 0 Å². The SMILES string of the molecule is OC(CNCc1ccc(F)cc1)C1CC1. The highest BCUT2D eigenvalue weighted by atomic mass is 19.1. The van der Waals surface area contributed by atoms with E-state index in [1.165, 1.54) is 12.1 Å². The third-order valence-corrected chi connectivity index (χ3v) is 2.76. The van der Waals surface area contributed by atoms with Crippen LogP contribution in [0.5, 0.6) is 0 Å². The van der Waals surface area contributed by atoms with Gasteiger partial charge in [-0.3, -0.25) is 0 Å². The van der Waals surface area contributed by atoms with Gasteiger partial charge in [-0.2, -0.15) is 0 Å². The first-order valence-corrected chi connectivity index (χ1v) is 5.39. The van der Waals surface area contributed by atoms with E-state index in [-0.39, 0.29) is 11.9 Å². The molecule has 0 bridgehead atoms. The van der Waals surface area contributed by atoms with E-state index in [1.807, 2.05) is 0 Å². The molecule has 1 saturated carbocycles. The molecule has 0 saturated heterocycles. The molecule has 1 aromatic rings.